The highest BCUT2D eigenvalue weighted by atomic mass is 16.1. The molecule has 0 rings (SSSR count). The van der Waals surface area contributed by atoms with Crippen molar-refractivity contribution in [3.63, 3.8) is 0 Å². The molecule has 0 saturated heterocycles. The molecule has 1 amide bonds. The molecule has 0 aromatic carbocycles. The first-order valence-corrected chi connectivity index (χ1v) is 4.60. The van der Waals surface area contributed by atoms with Crippen LogP contribution < -0.4 is 5.73 Å². The van der Waals surface area contributed by atoms with E-state index < -0.39 is 0 Å². The number of amides is 1. The fourth-order valence-electron chi connectivity index (χ4n) is 1.17. The number of carbonyl (C=O) groups excluding carboxylic acids is 1. The molecule has 2 N–H and O–H groups in total. The summed E-state index contributed by atoms with van der Waals surface area (Å²) in [6.07, 6.45) is 1.59. The van der Waals surface area contributed by atoms with E-state index in [9.17, 15) is 4.79 Å². The van der Waals surface area contributed by atoms with Crippen LogP contribution in [0.2, 0.25) is 0 Å². The number of hydrogen-bond acceptors (Lipinski definition) is 2. The first-order chi connectivity index (χ1) is 5.57. The van der Waals surface area contributed by atoms with Gasteiger partial charge in [0.1, 0.15) is 0 Å². The zero-order valence-corrected chi connectivity index (χ0v) is 8.34. The predicted molar refractivity (Wildman–Crippen MR) is 50.8 cm³/mol. The van der Waals surface area contributed by atoms with Crippen molar-refractivity contribution in [2.75, 3.05) is 13.1 Å². The highest BCUT2D eigenvalue weighted by molar-refractivity contribution is 5.73. The summed E-state index contributed by atoms with van der Waals surface area (Å²) < 4.78 is 0. The molecule has 0 aromatic rings. The van der Waals surface area contributed by atoms with E-state index in [0.717, 1.165) is 19.5 Å². The van der Waals surface area contributed by atoms with Crippen molar-refractivity contribution >= 4 is 5.91 Å². The average Bonchev–Trinajstić information content (AvgIpc) is 1.96. The molecule has 0 radical (unpaired) electrons. The lowest BCUT2D eigenvalue weighted by atomic mass is 10.2. The Kier molecular flexibility index (Phi) is 5.72. The van der Waals surface area contributed by atoms with Gasteiger partial charge < -0.3 is 10.6 Å². The van der Waals surface area contributed by atoms with Gasteiger partial charge in [-0.05, 0) is 26.8 Å². The van der Waals surface area contributed by atoms with Crippen molar-refractivity contribution in [2.45, 2.75) is 39.7 Å². The third-order valence-electron chi connectivity index (χ3n) is 1.89. The Balaban J connectivity index is 3.70. The Labute approximate surface area is 74.9 Å². The lowest BCUT2D eigenvalue weighted by Crippen LogP contribution is -2.34. The fraction of sp³-hybridized carbons (Fsp3) is 0.889. The molecule has 0 fully saturated rings. The van der Waals surface area contributed by atoms with Crippen molar-refractivity contribution in [1.82, 2.24) is 4.90 Å². The number of nitrogens with two attached hydrogens (primary N) is 1. The zero-order chi connectivity index (χ0) is 9.56. The minimum absolute atomic E-state index is 0.211. The van der Waals surface area contributed by atoms with Crippen LogP contribution in [0.4, 0.5) is 0 Å². The fourth-order valence-corrected chi connectivity index (χ4v) is 1.17. The SMILES string of the molecule is CCCN(CCC(N)=O)C(C)C. The molecule has 0 aliphatic rings. The molecule has 3 nitrogen and oxygen atoms in total. The Morgan fingerprint density at radius 1 is 1.42 bits per heavy atom. The second-order valence-corrected chi connectivity index (χ2v) is 3.35. The van der Waals surface area contributed by atoms with E-state index in [4.69, 9.17) is 5.73 Å². The molecule has 0 saturated carbocycles. The van der Waals surface area contributed by atoms with Gasteiger partial charge in [0.05, 0.1) is 0 Å². The molecule has 0 aliphatic heterocycles. The van der Waals surface area contributed by atoms with Gasteiger partial charge in [0.25, 0.3) is 0 Å². The lowest BCUT2D eigenvalue weighted by Gasteiger charge is -2.25. The van der Waals surface area contributed by atoms with Gasteiger partial charge in [-0.25, -0.2) is 0 Å². The quantitative estimate of drug-likeness (QED) is 0.649. The van der Waals surface area contributed by atoms with Crippen LogP contribution >= 0.6 is 0 Å². The number of primary amides is 1. The van der Waals surface area contributed by atoms with E-state index in [1.807, 2.05) is 0 Å². The standard InChI is InChI=1S/C9H20N2O/c1-4-6-11(8(2)3)7-5-9(10)12/h8H,4-7H2,1-3H3,(H2,10,12). The van der Waals surface area contributed by atoms with Gasteiger partial charge in [-0.15, -0.1) is 0 Å². The normalized spacial score (nSPS) is 11.1. The highest BCUT2D eigenvalue weighted by Crippen LogP contribution is 2.00. The maximum absolute atomic E-state index is 10.5. The average molecular weight is 172 g/mol. The zero-order valence-electron chi connectivity index (χ0n) is 8.34. The van der Waals surface area contributed by atoms with Gasteiger partial charge >= 0.3 is 0 Å². The summed E-state index contributed by atoms with van der Waals surface area (Å²) in [5.74, 6) is -0.211. The molecule has 0 bridgehead atoms. The van der Waals surface area contributed by atoms with Gasteiger partial charge in [0.2, 0.25) is 5.91 Å². The Morgan fingerprint density at radius 2 is 2.00 bits per heavy atom. The summed E-state index contributed by atoms with van der Waals surface area (Å²) in [6, 6.07) is 0.504. The van der Waals surface area contributed by atoms with Crippen LogP contribution in [0.15, 0.2) is 0 Å². The molecule has 0 aliphatic carbocycles. The second kappa shape index (κ2) is 6.00. The van der Waals surface area contributed by atoms with Crippen molar-refractivity contribution in [3.05, 3.63) is 0 Å². The number of rotatable bonds is 6. The van der Waals surface area contributed by atoms with Crippen molar-refractivity contribution in [3.8, 4) is 0 Å². The van der Waals surface area contributed by atoms with Crippen LogP contribution in [0, 0.1) is 0 Å². The second-order valence-electron chi connectivity index (χ2n) is 3.35. The molecule has 0 unspecified atom stereocenters. The first-order valence-electron chi connectivity index (χ1n) is 4.60. The van der Waals surface area contributed by atoms with Crippen LogP contribution in [0.3, 0.4) is 0 Å². The summed E-state index contributed by atoms with van der Waals surface area (Å²) in [5, 5.41) is 0. The lowest BCUT2D eigenvalue weighted by molar-refractivity contribution is -0.118. The van der Waals surface area contributed by atoms with E-state index in [-0.39, 0.29) is 5.91 Å². The largest absolute Gasteiger partial charge is 0.370 e. The molecule has 0 heterocycles. The van der Waals surface area contributed by atoms with Crippen molar-refractivity contribution in [1.29, 1.82) is 0 Å². The van der Waals surface area contributed by atoms with Gasteiger partial charge in [-0.2, -0.15) is 0 Å². The minimum Gasteiger partial charge on any atom is -0.370 e. The molecule has 72 valence electrons. The van der Waals surface area contributed by atoms with Crippen LogP contribution in [0.25, 0.3) is 0 Å². The molecule has 0 aromatic heterocycles. The summed E-state index contributed by atoms with van der Waals surface area (Å²) in [7, 11) is 0. The monoisotopic (exact) mass is 172 g/mol. The van der Waals surface area contributed by atoms with Crippen LogP contribution in [-0.4, -0.2) is 29.9 Å². The van der Waals surface area contributed by atoms with E-state index in [0.29, 0.717) is 12.5 Å². The molecule has 0 spiro atoms. The minimum atomic E-state index is -0.211. The Morgan fingerprint density at radius 3 is 2.33 bits per heavy atom. The van der Waals surface area contributed by atoms with E-state index in [1.165, 1.54) is 0 Å². The molecule has 12 heavy (non-hydrogen) atoms. The van der Waals surface area contributed by atoms with Crippen molar-refractivity contribution in [2.24, 2.45) is 5.73 Å². The number of carbonyl (C=O) groups is 1. The number of hydrogen-bond donors (Lipinski definition) is 1. The summed E-state index contributed by atoms with van der Waals surface area (Å²) in [5.41, 5.74) is 5.07. The summed E-state index contributed by atoms with van der Waals surface area (Å²) in [4.78, 5) is 12.8. The van der Waals surface area contributed by atoms with Crippen LogP contribution in [0.1, 0.15) is 33.6 Å². The topological polar surface area (TPSA) is 46.3 Å². The van der Waals surface area contributed by atoms with E-state index >= 15 is 0 Å². The smallest absolute Gasteiger partial charge is 0.218 e. The van der Waals surface area contributed by atoms with E-state index in [2.05, 4.69) is 25.7 Å². The third kappa shape index (κ3) is 5.13. The van der Waals surface area contributed by atoms with Crippen molar-refractivity contribution < 1.29 is 4.79 Å². The molecular formula is C9H20N2O. The van der Waals surface area contributed by atoms with Crippen LogP contribution in [-0.2, 0) is 4.79 Å². The molecule has 0 atom stereocenters. The first kappa shape index (κ1) is 11.4. The van der Waals surface area contributed by atoms with Gasteiger partial charge in [-0.1, -0.05) is 6.92 Å². The summed E-state index contributed by atoms with van der Waals surface area (Å²) >= 11 is 0. The third-order valence-corrected chi connectivity index (χ3v) is 1.89. The molecule has 3 heteroatoms. The van der Waals surface area contributed by atoms with Gasteiger partial charge in [-0.3, -0.25) is 4.79 Å². The highest BCUT2D eigenvalue weighted by Gasteiger charge is 2.08. The predicted octanol–water partition coefficient (Wildman–Crippen LogP) is 0.982. The maximum atomic E-state index is 10.5. The van der Waals surface area contributed by atoms with Gasteiger partial charge in [0.15, 0.2) is 0 Å². The Hall–Kier alpha value is -0.570. The maximum Gasteiger partial charge on any atom is 0.218 e. The van der Waals surface area contributed by atoms with Gasteiger partial charge in [0, 0.05) is 19.0 Å². The Bertz CT molecular complexity index is 134. The van der Waals surface area contributed by atoms with Crippen LogP contribution in [0.5, 0.6) is 0 Å². The summed E-state index contributed by atoms with van der Waals surface area (Å²) in [6.45, 7) is 8.25. The molecular weight excluding hydrogens is 152 g/mol. The number of nitrogens with zero attached hydrogens (tertiary/aromatic N) is 1. The van der Waals surface area contributed by atoms with E-state index in [1.54, 1.807) is 0 Å².